The summed E-state index contributed by atoms with van der Waals surface area (Å²) >= 11 is 1.69. The molecule has 2 N–H and O–H groups in total. The molecule has 5 nitrogen and oxygen atoms in total. The van der Waals surface area contributed by atoms with E-state index in [1.807, 2.05) is 36.1 Å². The van der Waals surface area contributed by atoms with Gasteiger partial charge in [0.05, 0.1) is 16.9 Å². The van der Waals surface area contributed by atoms with E-state index in [4.69, 9.17) is 0 Å². The third-order valence-corrected chi connectivity index (χ3v) is 3.82. The standard InChI is InChI=1S/C14H15N5S/c1-2-11(8-15-4-1)14-12(10-18-19-14)9-16-5-3-13-17-6-7-20-13/h1-2,4,6-8,10,16H,3,5,9H2,(H,18,19). The Morgan fingerprint density at radius 1 is 1.25 bits per heavy atom. The first-order valence-electron chi connectivity index (χ1n) is 6.45. The van der Waals surface area contributed by atoms with Crippen molar-refractivity contribution in [1.29, 1.82) is 0 Å². The summed E-state index contributed by atoms with van der Waals surface area (Å²) in [5.74, 6) is 0. The molecule has 6 heteroatoms. The molecule has 0 unspecified atom stereocenters. The number of hydrogen-bond donors (Lipinski definition) is 2. The summed E-state index contributed by atoms with van der Waals surface area (Å²) in [5, 5.41) is 13.8. The van der Waals surface area contributed by atoms with Crippen LogP contribution in [0.4, 0.5) is 0 Å². The molecule has 0 saturated carbocycles. The first-order valence-corrected chi connectivity index (χ1v) is 7.33. The minimum Gasteiger partial charge on any atom is -0.312 e. The number of hydrogen-bond acceptors (Lipinski definition) is 5. The van der Waals surface area contributed by atoms with Crippen molar-refractivity contribution >= 4 is 11.3 Å². The van der Waals surface area contributed by atoms with Crippen molar-refractivity contribution in [2.75, 3.05) is 6.54 Å². The number of H-pyrrole nitrogens is 1. The lowest BCUT2D eigenvalue weighted by molar-refractivity contribution is 0.686. The van der Waals surface area contributed by atoms with Gasteiger partial charge in [0.15, 0.2) is 0 Å². The van der Waals surface area contributed by atoms with Gasteiger partial charge in [-0.3, -0.25) is 10.1 Å². The Morgan fingerprint density at radius 2 is 2.25 bits per heavy atom. The van der Waals surface area contributed by atoms with Gasteiger partial charge in [0.1, 0.15) is 0 Å². The second kappa shape index (κ2) is 6.40. The number of thiazole rings is 1. The molecule has 3 heterocycles. The SMILES string of the molecule is c1cncc(-c2[nH]ncc2CNCCc2nccs2)c1. The minimum atomic E-state index is 0.784. The second-order valence-electron chi connectivity index (χ2n) is 4.36. The maximum atomic E-state index is 4.27. The Morgan fingerprint density at radius 3 is 3.05 bits per heavy atom. The first kappa shape index (κ1) is 13.0. The smallest absolute Gasteiger partial charge is 0.0937 e. The lowest BCUT2D eigenvalue weighted by Gasteiger charge is -2.04. The maximum absolute atomic E-state index is 4.27. The van der Waals surface area contributed by atoms with E-state index in [-0.39, 0.29) is 0 Å². The van der Waals surface area contributed by atoms with Crippen LogP contribution in [0.25, 0.3) is 11.3 Å². The fraction of sp³-hybridized carbons (Fsp3) is 0.214. The van der Waals surface area contributed by atoms with Crippen molar-refractivity contribution in [1.82, 2.24) is 25.5 Å². The van der Waals surface area contributed by atoms with Crippen molar-refractivity contribution in [2.45, 2.75) is 13.0 Å². The Balaban J connectivity index is 1.57. The molecule has 3 aromatic rings. The normalized spacial score (nSPS) is 10.8. The fourth-order valence-corrected chi connectivity index (χ4v) is 2.62. The molecule has 0 bridgehead atoms. The molecule has 102 valence electrons. The molecular weight excluding hydrogens is 270 g/mol. The van der Waals surface area contributed by atoms with Gasteiger partial charge in [0, 0.05) is 54.6 Å². The molecule has 0 aliphatic carbocycles. The first-order chi connectivity index (χ1) is 9.93. The van der Waals surface area contributed by atoms with E-state index < -0.39 is 0 Å². The zero-order chi connectivity index (χ0) is 13.6. The van der Waals surface area contributed by atoms with Gasteiger partial charge in [-0.05, 0) is 12.1 Å². The van der Waals surface area contributed by atoms with Gasteiger partial charge in [0.2, 0.25) is 0 Å². The van der Waals surface area contributed by atoms with E-state index >= 15 is 0 Å². The molecular formula is C14H15N5S. The highest BCUT2D eigenvalue weighted by Gasteiger charge is 2.07. The van der Waals surface area contributed by atoms with Crippen LogP contribution < -0.4 is 5.32 Å². The van der Waals surface area contributed by atoms with Crippen LogP contribution in [-0.2, 0) is 13.0 Å². The number of pyridine rings is 1. The van der Waals surface area contributed by atoms with Crippen LogP contribution in [0.2, 0.25) is 0 Å². The van der Waals surface area contributed by atoms with Crippen LogP contribution in [0, 0.1) is 0 Å². The number of nitrogens with one attached hydrogen (secondary N) is 2. The summed E-state index contributed by atoms with van der Waals surface area (Å²) in [6.07, 6.45) is 8.27. The summed E-state index contributed by atoms with van der Waals surface area (Å²) in [6.45, 7) is 1.69. The largest absolute Gasteiger partial charge is 0.312 e. The molecule has 3 rings (SSSR count). The van der Waals surface area contributed by atoms with Crippen molar-refractivity contribution in [3.63, 3.8) is 0 Å². The zero-order valence-electron chi connectivity index (χ0n) is 10.9. The molecule has 0 atom stereocenters. The van der Waals surface area contributed by atoms with E-state index in [0.717, 1.165) is 41.3 Å². The van der Waals surface area contributed by atoms with Crippen molar-refractivity contribution in [3.05, 3.63) is 52.9 Å². The van der Waals surface area contributed by atoms with Crippen LogP contribution in [0.5, 0.6) is 0 Å². The summed E-state index contributed by atoms with van der Waals surface area (Å²) in [6, 6.07) is 3.95. The van der Waals surface area contributed by atoms with E-state index in [1.54, 1.807) is 17.5 Å². The van der Waals surface area contributed by atoms with E-state index in [2.05, 4.69) is 25.5 Å². The topological polar surface area (TPSA) is 66.5 Å². The summed E-state index contributed by atoms with van der Waals surface area (Å²) in [5.41, 5.74) is 3.23. The van der Waals surface area contributed by atoms with Crippen LogP contribution in [0.15, 0.2) is 42.3 Å². The molecule has 0 aliphatic heterocycles. The molecule has 0 aliphatic rings. The fourth-order valence-electron chi connectivity index (χ4n) is 2.00. The van der Waals surface area contributed by atoms with Gasteiger partial charge in [-0.25, -0.2) is 4.98 Å². The van der Waals surface area contributed by atoms with E-state index in [1.165, 1.54) is 0 Å². The molecule has 3 aromatic heterocycles. The van der Waals surface area contributed by atoms with Crippen molar-refractivity contribution in [3.8, 4) is 11.3 Å². The monoisotopic (exact) mass is 285 g/mol. The average molecular weight is 285 g/mol. The molecule has 0 amide bonds. The lowest BCUT2D eigenvalue weighted by Crippen LogP contribution is -2.16. The molecule has 0 saturated heterocycles. The Kier molecular flexibility index (Phi) is 4.15. The van der Waals surface area contributed by atoms with Gasteiger partial charge in [0.25, 0.3) is 0 Å². The van der Waals surface area contributed by atoms with E-state index in [0.29, 0.717) is 0 Å². The van der Waals surface area contributed by atoms with Gasteiger partial charge < -0.3 is 5.32 Å². The van der Waals surface area contributed by atoms with Gasteiger partial charge in [-0.15, -0.1) is 11.3 Å². The third kappa shape index (κ3) is 3.09. The van der Waals surface area contributed by atoms with Crippen LogP contribution in [-0.4, -0.2) is 26.7 Å². The van der Waals surface area contributed by atoms with Crippen LogP contribution in [0.3, 0.4) is 0 Å². The van der Waals surface area contributed by atoms with Gasteiger partial charge >= 0.3 is 0 Å². The van der Waals surface area contributed by atoms with Crippen molar-refractivity contribution in [2.24, 2.45) is 0 Å². The molecule has 0 fully saturated rings. The quantitative estimate of drug-likeness (QED) is 0.682. The van der Waals surface area contributed by atoms with E-state index in [9.17, 15) is 0 Å². The maximum Gasteiger partial charge on any atom is 0.0937 e. The number of nitrogens with zero attached hydrogens (tertiary/aromatic N) is 3. The molecule has 0 radical (unpaired) electrons. The number of rotatable bonds is 6. The highest BCUT2D eigenvalue weighted by Crippen LogP contribution is 2.19. The summed E-state index contributed by atoms with van der Waals surface area (Å²) in [4.78, 5) is 8.40. The van der Waals surface area contributed by atoms with Gasteiger partial charge in [-0.1, -0.05) is 0 Å². The second-order valence-corrected chi connectivity index (χ2v) is 5.34. The third-order valence-electron chi connectivity index (χ3n) is 2.98. The highest BCUT2D eigenvalue weighted by molar-refractivity contribution is 7.09. The lowest BCUT2D eigenvalue weighted by atomic mass is 10.1. The van der Waals surface area contributed by atoms with Crippen LogP contribution >= 0.6 is 11.3 Å². The molecule has 0 spiro atoms. The number of aromatic nitrogens is 4. The predicted octanol–water partition coefficient (Wildman–Crippen LogP) is 2.26. The zero-order valence-corrected chi connectivity index (χ0v) is 11.7. The molecule has 20 heavy (non-hydrogen) atoms. The van der Waals surface area contributed by atoms with Gasteiger partial charge in [-0.2, -0.15) is 5.10 Å². The average Bonchev–Trinajstić information content (AvgIpc) is 3.16. The Hall–Kier alpha value is -2.05. The van der Waals surface area contributed by atoms with Crippen molar-refractivity contribution < 1.29 is 0 Å². The number of aromatic amines is 1. The summed E-state index contributed by atoms with van der Waals surface area (Å²) < 4.78 is 0. The minimum absolute atomic E-state index is 0.784. The Bertz CT molecular complexity index is 633. The van der Waals surface area contributed by atoms with Crippen LogP contribution in [0.1, 0.15) is 10.6 Å². The molecule has 0 aromatic carbocycles. The highest BCUT2D eigenvalue weighted by atomic mass is 32.1. The predicted molar refractivity (Wildman–Crippen MR) is 79.3 cm³/mol. The summed E-state index contributed by atoms with van der Waals surface area (Å²) in [7, 11) is 0. The Labute approximate surface area is 121 Å².